The molecule has 2 nitrogen and oxygen atoms in total. The van der Waals surface area contributed by atoms with Crippen LogP contribution in [-0.4, -0.2) is 16.8 Å². The molecule has 1 fully saturated rings. The molecule has 0 atom stereocenters. The van der Waals surface area contributed by atoms with Crippen LogP contribution in [0.3, 0.4) is 0 Å². The van der Waals surface area contributed by atoms with E-state index in [1.807, 2.05) is 19.9 Å². The lowest BCUT2D eigenvalue weighted by atomic mass is 10.2. The van der Waals surface area contributed by atoms with Crippen LogP contribution >= 0.6 is 15.9 Å². The molecule has 13 heavy (non-hydrogen) atoms. The molecule has 0 heterocycles. The van der Waals surface area contributed by atoms with Gasteiger partial charge in [0.1, 0.15) is 0 Å². The topological polar surface area (TPSA) is 20.3 Å². The summed E-state index contributed by atoms with van der Waals surface area (Å²) in [6.45, 7) is 7.45. The fourth-order valence-electron chi connectivity index (χ4n) is 1.12. The Bertz CT molecular complexity index is 266. The summed E-state index contributed by atoms with van der Waals surface area (Å²) in [5.41, 5.74) is 0.771. The average Bonchev–Trinajstić information content (AvgIpc) is 2.86. The SMILES string of the molecule is C=C(Br)N(C(=O)/C(C)=C\C)C1CC1. The van der Waals surface area contributed by atoms with Crippen LogP contribution in [0, 0.1) is 0 Å². The second kappa shape index (κ2) is 4.09. The van der Waals surface area contributed by atoms with Crippen LogP contribution in [0.25, 0.3) is 0 Å². The molecule has 3 heteroatoms. The van der Waals surface area contributed by atoms with Gasteiger partial charge in [0.05, 0.1) is 4.61 Å². The molecule has 1 aliphatic carbocycles. The summed E-state index contributed by atoms with van der Waals surface area (Å²) in [6.07, 6.45) is 4.01. The Balaban J connectivity index is 2.75. The van der Waals surface area contributed by atoms with Gasteiger partial charge < -0.3 is 0 Å². The number of hydrogen-bond acceptors (Lipinski definition) is 1. The predicted molar refractivity (Wildman–Crippen MR) is 57.4 cm³/mol. The van der Waals surface area contributed by atoms with E-state index in [1.54, 1.807) is 4.90 Å². The number of carbonyl (C=O) groups excluding carboxylic acids is 1. The van der Waals surface area contributed by atoms with E-state index in [-0.39, 0.29) is 5.91 Å². The maximum atomic E-state index is 11.8. The van der Waals surface area contributed by atoms with Crippen LogP contribution in [0.5, 0.6) is 0 Å². The second-order valence-corrected chi connectivity index (χ2v) is 4.17. The molecule has 72 valence electrons. The molecular formula is C10H14BrNO. The molecule has 0 aromatic heterocycles. The third-order valence-electron chi connectivity index (χ3n) is 2.16. The third-order valence-corrected chi connectivity index (χ3v) is 2.54. The zero-order chi connectivity index (χ0) is 10.0. The molecule has 0 N–H and O–H groups in total. The van der Waals surface area contributed by atoms with Crippen molar-refractivity contribution in [3.63, 3.8) is 0 Å². The number of carbonyl (C=O) groups is 1. The Morgan fingerprint density at radius 3 is 2.46 bits per heavy atom. The van der Waals surface area contributed by atoms with Crippen molar-refractivity contribution in [2.45, 2.75) is 32.7 Å². The van der Waals surface area contributed by atoms with E-state index in [1.165, 1.54) is 0 Å². The highest BCUT2D eigenvalue weighted by Crippen LogP contribution is 2.32. The summed E-state index contributed by atoms with van der Waals surface area (Å²) in [7, 11) is 0. The summed E-state index contributed by atoms with van der Waals surface area (Å²) in [5.74, 6) is 0.0619. The first-order valence-electron chi connectivity index (χ1n) is 4.38. The van der Waals surface area contributed by atoms with E-state index in [2.05, 4.69) is 22.5 Å². The fourth-order valence-corrected chi connectivity index (χ4v) is 1.57. The van der Waals surface area contributed by atoms with Gasteiger partial charge in [0, 0.05) is 11.6 Å². The average molecular weight is 244 g/mol. The largest absolute Gasteiger partial charge is 0.300 e. The van der Waals surface area contributed by atoms with Crippen molar-refractivity contribution in [2.24, 2.45) is 0 Å². The smallest absolute Gasteiger partial charge is 0.254 e. The quantitative estimate of drug-likeness (QED) is 0.552. The number of allylic oxidation sites excluding steroid dienone is 1. The minimum absolute atomic E-state index is 0.0619. The maximum Gasteiger partial charge on any atom is 0.254 e. The van der Waals surface area contributed by atoms with Crippen molar-refractivity contribution in [1.82, 2.24) is 4.90 Å². The first-order valence-corrected chi connectivity index (χ1v) is 5.18. The van der Waals surface area contributed by atoms with Gasteiger partial charge in [-0.05, 0) is 42.6 Å². The molecule has 0 aromatic rings. The van der Waals surface area contributed by atoms with Crippen LogP contribution in [0.15, 0.2) is 22.8 Å². The third kappa shape index (κ3) is 2.44. The highest BCUT2D eigenvalue weighted by molar-refractivity contribution is 9.11. The molecular weight excluding hydrogens is 230 g/mol. The normalized spacial score (nSPS) is 17.0. The molecule has 1 rings (SSSR count). The first kappa shape index (κ1) is 10.5. The van der Waals surface area contributed by atoms with Crippen molar-refractivity contribution in [1.29, 1.82) is 0 Å². The van der Waals surface area contributed by atoms with Crippen molar-refractivity contribution in [3.05, 3.63) is 22.8 Å². The lowest BCUT2D eigenvalue weighted by Crippen LogP contribution is -2.30. The second-order valence-electron chi connectivity index (χ2n) is 3.25. The standard InChI is InChI=1S/C10H14BrNO/c1-4-7(2)10(13)12(8(3)11)9-5-6-9/h4,9H,3,5-6H2,1-2H3/b7-4-. The molecule has 0 aromatic carbocycles. The van der Waals surface area contributed by atoms with Crippen molar-refractivity contribution in [2.75, 3.05) is 0 Å². The number of halogens is 1. The van der Waals surface area contributed by atoms with E-state index in [4.69, 9.17) is 0 Å². The number of nitrogens with zero attached hydrogens (tertiary/aromatic N) is 1. The minimum atomic E-state index is 0.0619. The van der Waals surface area contributed by atoms with Crippen molar-refractivity contribution >= 4 is 21.8 Å². The van der Waals surface area contributed by atoms with E-state index in [0.717, 1.165) is 18.4 Å². The molecule has 0 saturated heterocycles. The molecule has 1 amide bonds. The van der Waals surface area contributed by atoms with Gasteiger partial charge in [-0.3, -0.25) is 9.69 Å². The molecule has 0 spiro atoms. The number of hydrogen-bond donors (Lipinski definition) is 0. The highest BCUT2D eigenvalue weighted by Gasteiger charge is 2.33. The molecule has 0 aliphatic heterocycles. The van der Waals surface area contributed by atoms with Gasteiger partial charge in [0.15, 0.2) is 0 Å². The van der Waals surface area contributed by atoms with E-state index < -0.39 is 0 Å². The fraction of sp³-hybridized carbons (Fsp3) is 0.500. The molecule has 1 saturated carbocycles. The van der Waals surface area contributed by atoms with Crippen molar-refractivity contribution in [3.8, 4) is 0 Å². The van der Waals surface area contributed by atoms with Crippen LogP contribution < -0.4 is 0 Å². The van der Waals surface area contributed by atoms with Gasteiger partial charge >= 0.3 is 0 Å². The molecule has 0 bridgehead atoms. The number of rotatable bonds is 3. The highest BCUT2D eigenvalue weighted by atomic mass is 79.9. The summed E-state index contributed by atoms with van der Waals surface area (Å²) in [4.78, 5) is 13.5. The summed E-state index contributed by atoms with van der Waals surface area (Å²) < 4.78 is 0.668. The zero-order valence-electron chi connectivity index (χ0n) is 8.01. The van der Waals surface area contributed by atoms with Gasteiger partial charge in [-0.2, -0.15) is 0 Å². The van der Waals surface area contributed by atoms with E-state index in [9.17, 15) is 4.79 Å². The number of amides is 1. The Morgan fingerprint density at radius 1 is 1.62 bits per heavy atom. The van der Waals surface area contributed by atoms with E-state index >= 15 is 0 Å². The maximum absolute atomic E-state index is 11.8. The van der Waals surface area contributed by atoms with Crippen molar-refractivity contribution < 1.29 is 4.79 Å². The van der Waals surface area contributed by atoms with Crippen LogP contribution in [-0.2, 0) is 4.79 Å². The van der Waals surface area contributed by atoms with Gasteiger partial charge in [0.2, 0.25) is 0 Å². The summed E-state index contributed by atoms with van der Waals surface area (Å²) in [6, 6.07) is 0.370. The van der Waals surface area contributed by atoms with Gasteiger partial charge in [0.25, 0.3) is 5.91 Å². The van der Waals surface area contributed by atoms with Crippen LogP contribution in [0.1, 0.15) is 26.7 Å². The van der Waals surface area contributed by atoms with Crippen LogP contribution in [0.2, 0.25) is 0 Å². The molecule has 0 radical (unpaired) electrons. The Morgan fingerprint density at radius 2 is 2.15 bits per heavy atom. The minimum Gasteiger partial charge on any atom is -0.300 e. The predicted octanol–water partition coefficient (Wildman–Crippen LogP) is 2.81. The summed E-state index contributed by atoms with van der Waals surface area (Å²) in [5, 5.41) is 0. The van der Waals surface area contributed by atoms with Gasteiger partial charge in [-0.25, -0.2) is 0 Å². The lowest BCUT2D eigenvalue weighted by molar-refractivity contribution is -0.125. The van der Waals surface area contributed by atoms with Crippen LogP contribution in [0.4, 0.5) is 0 Å². The molecule has 0 unspecified atom stereocenters. The summed E-state index contributed by atoms with van der Waals surface area (Å²) >= 11 is 3.26. The Kier molecular flexibility index (Phi) is 3.31. The van der Waals surface area contributed by atoms with E-state index in [0.29, 0.717) is 10.6 Å². The molecule has 1 aliphatic rings. The zero-order valence-corrected chi connectivity index (χ0v) is 9.60. The lowest BCUT2D eigenvalue weighted by Gasteiger charge is -2.21. The Labute approximate surface area is 87.4 Å². The Hall–Kier alpha value is -0.570. The monoisotopic (exact) mass is 243 g/mol. The first-order chi connectivity index (χ1) is 6.07. The van der Waals surface area contributed by atoms with Gasteiger partial charge in [-0.15, -0.1) is 0 Å². The van der Waals surface area contributed by atoms with Gasteiger partial charge in [-0.1, -0.05) is 12.7 Å².